The van der Waals surface area contributed by atoms with Gasteiger partial charge in [-0.2, -0.15) is 0 Å². The number of nitrogens with one attached hydrogen (secondary N) is 3. The fraction of sp³-hybridized carbons (Fsp3) is 0.241. The summed E-state index contributed by atoms with van der Waals surface area (Å²) in [5.74, 6) is 0.265. The monoisotopic (exact) mass is 630 g/mol. The van der Waals surface area contributed by atoms with Crippen LogP contribution in [0.25, 0.3) is 0 Å². The number of carbonyl (C=O) groups is 1. The summed E-state index contributed by atoms with van der Waals surface area (Å²) in [6.07, 6.45) is 0.705. The maximum absolute atomic E-state index is 13.1. The first-order chi connectivity index (χ1) is 20.0. The number of halogens is 2. The van der Waals surface area contributed by atoms with E-state index in [1.54, 1.807) is 38.1 Å². The van der Waals surface area contributed by atoms with Gasteiger partial charge in [0.1, 0.15) is 5.76 Å². The van der Waals surface area contributed by atoms with E-state index in [1.807, 2.05) is 12.1 Å². The summed E-state index contributed by atoms with van der Waals surface area (Å²) in [4.78, 5) is 26.0. The number of carbonyl (C=O) groups excluding carboxylic acids is 1. The Morgan fingerprint density at radius 3 is 2.48 bits per heavy atom. The number of sulfonamides is 1. The van der Waals surface area contributed by atoms with Gasteiger partial charge in [-0.25, -0.2) is 18.0 Å². The third-order valence-corrected chi connectivity index (χ3v) is 9.20. The van der Waals surface area contributed by atoms with Gasteiger partial charge in [0.15, 0.2) is 5.76 Å². The fourth-order valence-corrected chi connectivity index (χ4v) is 6.28. The Morgan fingerprint density at radius 2 is 1.76 bits per heavy atom. The van der Waals surface area contributed by atoms with Gasteiger partial charge in [0, 0.05) is 24.5 Å². The normalized spacial score (nSPS) is 14.2. The zero-order chi connectivity index (χ0) is 30.0. The summed E-state index contributed by atoms with van der Waals surface area (Å²) >= 11 is 12.3. The van der Waals surface area contributed by atoms with Gasteiger partial charge in [-0.1, -0.05) is 41.4 Å². The first kappa shape index (κ1) is 29.7. The van der Waals surface area contributed by atoms with Crippen molar-refractivity contribution >= 4 is 50.6 Å². The molecule has 5 rings (SSSR count). The van der Waals surface area contributed by atoms with Gasteiger partial charge in [-0.05, 0) is 79.4 Å². The SMILES string of the molecule is Cc1oc(=O)oc1CN1CCc2cc(NS(=O)(=O)c3ccc(NC(=O)N[C@@H](C)c4cccc(Cl)c4Cl)cc3)ccc2C1. The van der Waals surface area contributed by atoms with Crippen molar-refractivity contribution in [2.75, 3.05) is 16.6 Å². The van der Waals surface area contributed by atoms with Crippen LogP contribution in [0.5, 0.6) is 0 Å². The van der Waals surface area contributed by atoms with Crippen molar-refractivity contribution in [1.29, 1.82) is 0 Å². The number of hydrogen-bond donors (Lipinski definition) is 3. The predicted molar refractivity (Wildman–Crippen MR) is 161 cm³/mol. The first-order valence-corrected chi connectivity index (χ1v) is 15.3. The van der Waals surface area contributed by atoms with E-state index in [-0.39, 0.29) is 4.90 Å². The lowest BCUT2D eigenvalue weighted by molar-refractivity contribution is 0.222. The molecule has 1 atom stereocenters. The molecule has 42 heavy (non-hydrogen) atoms. The number of urea groups is 1. The Hall–Kier alpha value is -3.77. The minimum atomic E-state index is -3.87. The third-order valence-electron chi connectivity index (χ3n) is 6.97. The Balaban J connectivity index is 1.18. The summed E-state index contributed by atoms with van der Waals surface area (Å²) in [5.41, 5.74) is 3.64. The topological polar surface area (TPSA) is 134 Å². The molecule has 1 aromatic heterocycles. The number of rotatable bonds is 8. The van der Waals surface area contributed by atoms with E-state index in [0.29, 0.717) is 64.6 Å². The second kappa shape index (κ2) is 12.2. The number of aryl methyl sites for hydroxylation is 1. The number of fused-ring (bicyclic) bond motifs is 1. The van der Waals surface area contributed by atoms with Crippen LogP contribution in [0.4, 0.5) is 16.2 Å². The average Bonchev–Trinajstić information content (AvgIpc) is 3.26. The Bertz CT molecular complexity index is 1790. The molecular weight excluding hydrogens is 603 g/mol. The molecule has 0 radical (unpaired) electrons. The molecule has 0 saturated heterocycles. The van der Waals surface area contributed by atoms with E-state index in [2.05, 4.69) is 20.3 Å². The van der Waals surface area contributed by atoms with Crippen LogP contribution in [0.3, 0.4) is 0 Å². The van der Waals surface area contributed by atoms with Gasteiger partial charge in [0.05, 0.1) is 27.5 Å². The molecule has 10 nitrogen and oxygen atoms in total. The largest absolute Gasteiger partial charge is 0.519 e. The molecule has 0 aliphatic carbocycles. The minimum absolute atomic E-state index is 0.0494. The second-order valence-corrected chi connectivity index (χ2v) is 12.4. The molecule has 3 N–H and O–H groups in total. The highest BCUT2D eigenvalue weighted by Gasteiger charge is 2.22. The van der Waals surface area contributed by atoms with Crippen molar-refractivity contribution in [3.8, 4) is 0 Å². The molecule has 1 aliphatic rings. The molecule has 4 aromatic rings. The number of hydrogen-bond acceptors (Lipinski definition) is 7. The van der Waals surface area contributed by atoms with Gasteiger partial charge in [-0.3, -0.25) is 9.62 Å². The van der Waals surface area contributed by atoms with Crippen molar-refractivity contribution in [2.45, 2.75) is 44.3 Å². The van der Waals surface area contributed by atoms with Crippen molar-refractivity contribution in [2.24, 2.45) is 0 Å². The standard InChI is InChI=1S/C29H28Cl2N4O6S/c1-17(24-4-3-5-25(30)27(24)31)32-28(36)33-21-8-10-23(11-9-21)42(38,39)34-22-7-6-20-15-35(13-12-19(20)14-22)16-26-18(2)40-29(37)41-26/h3-11,14,17,34H,12-13,15-16H2,1-2H3,(H2,32,33,36)/t17-/m0/s1. The van der Waals surface area contributed by atoms with Crippen LogP contribution in [-0.2, 0) is 29.5 Å². The van der Waals surface area contributed by atoms with Crippen LogP contribution in [0, 0.1) is 6.92 Å². The molecule has 2 amide bonds. The third kappa shape index (κ3) is 6.81. The number of amides is 2. The van der Waals surface area contributed by atoms with E-state index >= 15 is 0 Å². The van der Waals surface area contributed by atoms with Crippen LogP contribution < -0.4 is 21.2 Å². The summed E-state index contributed by atoms with van der Waals surface area (Å²) < 4.78 is 38.8. The van der Waals surface area contributed by atoms with Crippen LogP contribution in [0.15, 0.2) is 79.2 Å². The molecule has 220 valence electrons. The van der Waals surface area contributed by atoms with E-state index < -0.39 is 27.9 Å². The Labute approximate surface area is 252 Å². The van der Waals surface area contributed by atoms with E-state index in [9.17, 15) is 18.0 Å². The van der Waals surface area contributed by atoms with Crippen LogP contribution in [0.2, 0.25) is 10.0 Å². The molecule has 0 fully saturated rings. The highest BCUT2D eigenvalue weighted by atomic mass is 35.5. The van der Waals surface area contributed by atoms with Crippen LogP contribution in [-0.4, -0.2) is 25.9 Å². The van der Waals surface area contributed by atoms with Crippen LogP contribution in [0.1, 0.15) is 41.2 Å². The van der Waals surface area contributed by atoms with Gasteiger partial charge in [0.25, 0.3) is 10.0 Å². The summed E-state index contributed by atoms with van der Waals surface area (Å²) in [5, 5.41) is 6.24. The minimum Gasteiger partial charge on any atom is -0.396 e. The zero-order valence-electron chi connectivity index (χ0n) is 22.7. The van der Waals surface area contributed by atoms with Gasteiger partial charge in [-0.15, -0.1) is 0 Å². The lowest BCUT2D eigenvalue weighted by Crippen LogP contribution is -2.31. The number of anilines is 2. The van der Waals surface area contributed by atoms with Crippen molar-refractivity contribution in [3.05, 3.63) is 110 Å². The number of nitrogens with zero attached hydrogens (tertiary/aromatic N) is 1. The quantitative estimate of drug-likeness (QED) is 0.214. The highest BCUT2D eigenvalue weighted by molar-refractivity contribution is 7.92. The molecule has 0 bridgehead atoms. The summed E-state index contributed by atoms with van der Waals surface area (Å²) in [6, 6.07) is 15.6. The van der Waals surface area contributed by atoms with Crippen molar-refractivity contribution in [3.63, 3.8) is 0 Å². The zero-order valence-corrected chi connectivity index (χ0v) is 25.1. The molecule has 2 heterocycles. The summed E-state index contributed by atoms with van der Waals surface area (Å²) in [6.45, 7) is 5.26. The van der Waals surface area contributed by atoms with Crippen molar-refractivity contribution < 1.29 is 22.0 Å². The van der Waals surface area contributed by atoms with E-state index in [0.717, 1.165) is 11.1 Å². The summed E-state index contributed by atoms with van der Waals surface area (Å²) in [7, 11) is -3.87. The molecule has 0 saturated carbocycles. The molecule has 13 heteroatoms. The lowest BCUT2D eigenvalue weighted by Gasteiger charge is -2.28. The van der Waals surface area contributed by atoms with Crippen molar-refractivity contribution in [1.82, 2.24) is 10.2 Å². The molecule has 0 spiro atoms. The highest BCUT2D eigenvalue weighted by Crippen LogP contribution is 2.30. The van der Waals surface area contributed by atoms with Gasteiger partial charge >= 0.3 is 11.9 Å². The fourth-order valence-electron chi connectivity index (χ4n) is 4.76. The molecule has 0 unspecified atom stereocenters. The Kier molecular flexibility index (Phi) is 8.65. The second-order valence-electron chi connectivity index (χ2n) is 9.97. The Morgan fingerprint density at radius 1 is 1.02 bits per heavy atom. The average molecular weight is 632 g/mol. The maximum Gasteiger partial charge on any atom is 0.519 e. The first-order valence-electron chi connectivity index (χ1n) is 13.1. The molecule has 3 aromatic carbocycles. The van der Waals surface area contributed by atoms with Gasteiger partial charge in [0.2, 0.25) is 0 Å². The number of benzene rings is 3. The maximum atomic E-state index is 13.1. The lowest BCUT2D eigenvalue weighted by atomic mass is 9.99. The molecule has 1 aliphatic heterocycles. The van der Waals surface area contributed by atoms with E-state index in [4.69, 9.17) is 32.0 Å². The van der Waals surface area contributed by atoms with Crippen LogP contribution >= 0.6 is 23.2 Å². The van der Waals surface area contributed by atoms with E-state index in [1.165, 1.54) is 24.3 Å². The smallest absolute Gasteiger partial charge is 0.396 e. The molecular formula is C29H28Cl2N4O6S. The van der Waals surface area contributed by atoms with Gasteiger partial charge < -0.3 is 19.5 Å². The predicted octanol–water partition coefficient (Wildman–Crippen LogP) is 6.09.